The maximum atomic E-state index is 14.5. The van der Waals surface area contributed by atoms with Gasteiger partial charge in [0.1, 0.15) is 30.6 Å². The Morgan fingerprint density at radius 1 is 0.795 bits per heavy atom. The number of amides is 7. The Balaban J connectivity index is 1.72. The fourth-order valence-corrected chi connectivity index (χ4v) is 8.16. The number of para-hydroxylation sites is 1. The van der Waals surface area contributed by atoms with Gasteiger partial charge in [0.2, 0.25) is 41.4 Å². The predicted molar refractivity (Wildman–Crippen MR) is 269 cm³/mol. The number of nitrogens with two attached hydrogens (primary N) is 3. The summed E-state index contributed by atoms with van der Waals surface area (Å²) in [6.07, 6.45) is -1.50. The molecule has 0 bridgehead atoms. The van der Waals surface area contributed by atoms with Crippen molar-refractivity contribution in [3.63, 3.8) is 0 Å². The Labute approximate surface area is 422 Å². The molecule has 2 heterocycles. The Morgan fingerprint density at radius 3 is 2.11 bits per heavy atom. The first kappa shape index (κ1) is 58.2. The van der Waals surface area contributed by atoms with E-state index in [0.717, 1.165) is 10.9 Å². The average Bonchev–Trinajstić information content (AvgIpc) is 3.75. The van der Waals surface area contributed by atoms with Crippen LogP contribution in [0, 0.1) is 10.8 Å². The van der Waals surface area contributed by atoms with Crippen molar-refractivity contribution in [3.8, 4) is 0 Å². The third kappa shape index (κ3) is 20.0. The number of carbonyl (C=O) groups is 7. The summed E-state index contributed by atoms with van der Waals surface area (Å²) in [6.45, 7) is 0.677. The van der Waals surface area contributed by atoms with Crippen molar-refractivity contribution in [1.29, 1.82) is 10.8 Å². The summed E-state index contributed by atoms with van der Waals surface area (Å²) >= 11 is 0. The molecular formula is C47H72N16O10. The van der Waals surface area contributed by atoms with Crippen LogP contribution in [0.3, 0.4) is 0 Å². The third-order valence-corrected chi connectivity index (χ3v) is 12.0. The molecule has 0 spiro atoms. The number of fused-ring (bicyclic) bond motifs is 1. The molecular weight excluding hydrogens is 949 g/mol. The maximum Gasteiger partial charge on any atom is 0.243 e. The number of carbonyl (C=O) groups excluding carboxylic acids is 7. The molecule has 26 nitrogen and oxygen atoms in total. The van der Waals surface area contributed by atoms with Gasteiger partial charge in [0.15, 0.2) is 11.9 Å². The summed E-state index contributed by atoms with van der Waals surface area (Å²) in [6, 6.07) is 6.52. The molecule has 1 aromatic heterocycles. The lowest BCUT2D eigenvalue weighted by molar-refractivity contribution is -0.134. The largest absolute Gasteiger partial charge is 0.394 e. The van der Waals surface area contributed by atoms with Gasteiger partial charge >= 0.3 is 0 Å². The number of aliphatic hydroxyl groups is 3. The Kier molecular flexibility index (Phi) is 23.8. The van der Waals surface area contributed by atoms with E-state index in [-0.39, 0.29) is 82.9 Å². The van der Waals surface area contributed by atoms with E-state index >= 15 is 0 Å². The standard InChI is InChI=1S/C47H72N16O10/c1-26(65)57-32(16-9-19-54-46(49)50)40(68)62-36-23-38(66)53-18-8-7-15-31(39(48)67)58-43(71)35(22-28-24-56-30-14-6-5-13-29(28)30)61-41(69)33(17-10-20-55-47(51)52)59-42(70)34(21-27-11-3-2-4-12-27)60-45(73)37(25-64)63-44(36)72/h2-6,11-14,24,31-37,40,45,56,60,62,64,68,73H,7-10,15-23,25H2,1H3,(H2,48,67)(H,53,66)(H,57,65)(H,58,71)(H,59,70)(H,61,69)(H,63,72)(H4,49,50,54)(H4,51,52,55)/t31-,32-,33-,34+,35-,36-,37+,40?,45?/m0/s1. The average molecular weight is 1020 g/mol. The van der Waals surface area contributed by atoms with Crippen LogP contribution in [0.2, 0.25) is 0 Å². The van der Waals surface area contributed by atoms with Crippen LogP contribution >= 0.6 is 0 Å². The van der Waals surface area contributed by atoms with E-state index < -0.39 is 109 Å². The molecule has 0 aliphatic carbocycles. The SMILES string of the molecule is CC(=O)N[C@@H](CCCNC(=N)N)C(O)N[C@H]1CC(=O)NCCCC[C@@H](C(N)=O)NC(=O)[C@H](Cc2c[nH]c3ccccc23)NC(=O)[C@H](CCCNC(=N)N)NC(=O)[C@@H](Cc2ccccc2)NC(O)[C@@H](CO)NC1=O. The van der Waals surface area contributed by atoms with Gasteiger partial charge in [-0.1, -0.05) is 48.5 Å². The van der Waals surface area contributed by atoms with Crippen molar-refractivity contribution in [3.05, 3.63) is 71.9 Å². The summed E-state index contributed by atoms with van der Waals surface area (Å²) in [5, 5.41) is 76.0. The fraction of sp³-hybridized carbons (Fsp3) is 0.511. The van der Waals surface area contributed by atoms with Gasteiger partial charge in [0.05, 0.1) is 37.2 Å². The quantitative estimate of drug-likeness (QED) is 0.0248. The normalized spacial score (nSPS) is 23.0. The first-order valence-corrected chi connectivity index (χ1v) is 24.1. The molecule has 0 radical (unpaired) electrons. The number of nitrogens with one attached hydrogen (secondary N) is 13. The molecule has 1 aliphatic rings. The number of guanidine groups is 2. The highest BCUT2D eigenvalue weighted by Gasteiger charge is 2.35. The van der Waals surface area contributed by atoms with Gasteiger partial charge in [-0.2, -0.15) is 0 Å². The second-order valence-electron chi connectivity index (χ2n) is 17.8. The molecule has 73 heavy (non-hydrogen) atoms. The van der Waals surface area contributed by atoms with Crippen LogP contribution in [0.1, 0.15) is 69.4 Å². The molecule has 2 aromatic carbocycles. The van der Waals surface area contributed by atoms with Gasteiger partial charge in [-0.15, -0.1) is 0 Å². The molecule has 0 saturated carbocycles. The number of rotatable bonds is 18. The lowest BCUT2D eigenvalue weighted by atomic mass is 10.0. The van der Waals surface area contributed by atoms with Gasteiger partial charge in [0, 0.05) is 50.1 Å². The van der Waals surface area contributed by atoms with Crippen LogP contribution in [-0.2, 0) is 46.4 Å². The van der Waals surface area contributed by atoms with Crippen molar-refractivity contribution < 1.29 is 48.9 Å². The van der Waals surface area contributed by atoms with Crippen molar-refractivity contribution in [1.82, 2.24) is 58.2 Å². The van der Waals surface area contributed by atoms with E-state index in [2.05, 4.69) is 58.2 Å². The number of aromatic nitrogens is 1. The van der Waals surface area contributed by atoms with Crippen LogP contribution in [0.25, 0.3) is 10.9 Å². The molecule has 22 N–H and O–H groups in total. The van der Waals surface area contributed by atoms with Crippen LogP contribution in [0.4, 0.5) is 0 Å². The fourth-order valence-electron chi connectivity index (χ4n) is 8.16. The Hall–Kier alpha value is -7.39. The zero-order valence-corrected chi connectivity index (χ0v) is 40.8. The first-order valence-electron chi connectivity index (χ1n) is 24.1. The zero-order valence-electron chi connectivity index (χ0n) is 40.8. The van der Waals surface area contributed by atoms with Gasteiger partial charge in [-0.05, 0) is 68.6 Å². The summed E-state index contributed by atoms with van der Waals surface area (Å²) in [5.74, 6) is -6.04. The number of hydrogen-bond donors (Lipinski definition) is 19. The van der Waals surface area contributed by atoms with E-state index in [9.17, 15) is 48.9 Å². The molecule has 7 amide bonds. The van der Waals surface area contributed by atoms with Crippen LogP contribution in [0.5, 0.6) is 0 Å². The molecule has 2 unspecified atom stereocenters. The van der Waals surface area contributed by atoms with Crippen molar-refractivity contribution in [2.24, 2.45) is 17.2 Å². The molecule has 3 aromatic rings. The van der Waals surface area contributed by atoms with Crippen molar-refractivity contribution >= 4 is 64.2 Å². The number of hydrogen-bond acceptors (Lipinski definition) is 14. The molecule has 26 heteroatoms. The lowest BCUT2D eigenvalue weighted by Gasteiger charge is -2.31. The third-order valence-electron chi connectivity index (χ3n) is 12.0. The number of primary amides is 1. The van der Waals surface area contributed by atoms with Crippen LogP contribution in [0.15, 0.2) is 60.8 Å². The second-order valence-corrected chi connectivity index (χ2v) is 17.8. The smallest absolute Gasteiger partial charge is 0.243 e. The van der Waals surface area contributed by atoms with Gasteiger partial charge in [-0.3, -0.25) is 55.0 Å². The molecule has 1 aliphatic heterocycles. The molecule has 9 atom stereocenters. The van der Waals surface area contributed by atoms with Crippen molar-refractivity contribution in [2.45, 2.75) is 126 Å². The summed E-state index contributed by atoms with van der Waals surface area (Å²) < 4.78 is 0. The topological polar surface area (TPSA) is 442 Å². The van der Waals surface area contributed by atoms with Crippen LogP contribution in [-0.4, -0.2) is 155 Å². The number of aliphatic hydroxyl groups excluding tert-OH is 3. The number of aromatic amines is 1. The van der Waals surface area contributed by atoms with Crippen LogP contribution < -0.4 is 70.4 Å². The zero-order chi connectivity index (χ0) is 53.5. The van der Waals surface area contributed by atoms with E-state index in [0.29, 0.717) is 17.5 Å². The Bertz CT molecular complexity index is 2340. The number of H-pyrrole nitrogens is 1. The highest BCUT2D eigenvalue weighted by atomic mass is 16.3. The molecule has 1 saturated heterocycles. The predicted octanol–water partition coefficient (Wildman–Crippen LogP) is -4.36. The first-order chi connectivity index (χ1) is 34.8. The highest BCUT2D eigenvalue weighted by Crippen LogP contribution is 2.20. The highest BCUT2D eigenvalue weighted by molar-refractivity contribution is 5.95. The lowest BCUT2D eigenvalue weighted by Crippen LogP contribution is -2.63. The van der Waals surface area contributed by atoms with E-state index in [1.54, 1.807) is 36.5 Å². The van der Waals surface area contributed by atoms with E-state index in [1.807, 2.05) is 24.3 Å². The number of benzene rings is 2. The minimum Gasteiger partial charge on any atom is -0.394 e. The summed E-state index contributed by atoms with van der Waals surface area (Å²) in [4.78, 5) is 98.9. The molecule has 400 valence electrons. The Morgan fingerprint density at radius 2 is 1.44 bits per heavy atom. The molecule has 4 rings (SSSR count). The van der Waals surface area contributed by atoms with Gasteiger partial charge in [-0.25, -0.2) is 0 Å². The van der Waals surface area contributed by atoms with Gasteiger partial charge < -0.3 is 80.0 Å². The van der Waals surface area contributed by atoms with Gasteiger partial charge in [0.25, 0.3) is 0 Å². The van der Waals surface area contributed by atoms with E-state index in [1.165, 1.54) is 6.92 Å². The van der Waals surface area contributed by atoms with E-state index in [4.69, 9.17) is 28.0 Å². The maximum absolute atomic E-state index is 14.5. The minimum absolute atomic E-state index is 0.0262. The monoisotopic (exact) mass is 1020 g/mol. The minimum atomic E-state index is -1.87. The van der Waals surface area contributed by atoms with Crippen molar-refractivity contribution in [2.75, 3.05) is 26.2 Å². The summed E-state index contributed by atoms with van der Waals surface area (Å²) in [5.41, 5.74) is 18.7. The second kappa shape index (κ2) is 29.8. The molecule has 1 fully saturated rings. The summed E-state index contributed by atoms with van der Waals surface area (Å²) in [7, 11) is 0.